The highest BCUT2D eigenvalue weighted by molar-refractivity contribution is 7.68. The third kappa shape index (κ3) is 7.49. The number of fused-ring (bicyclic) bond motifs is 2. The summed E-state index contributed by atoms with van der Waals surface area (Å²) < 4.78 is 60.4. The van der Waals surface area contributed by atoms with Crippen LogP contribution in [-0.2, 0) is 36.3 Å². The molecule has 2 amide bonds. The molecule has 0 saturated carbocycles. The predicted octanol–water partition coefficient (Wildman–Crippen LogP) is 1.68. The van der Waals surface area contributed by atoms with E-state index < -0.39 is 72.8 Å². The van der Waals surface area contributed by atoms with Crippen LogP contribution in [0.4, 0.5) is 4.79 Å². The number of amides is 2. The highest BCUT2D eigenvalue weighted by atomic mass is 31.3. The number of ether oxygens (including phenoxy) is 2. The van der Waals surface area contributed by atoms with Crippen molar-refractivity contribution in [1.82, 2.24) is 10.2 Å². The molecule has 17 nitrogen and oxygen atoms in total. The summed E-state index contributed by atoms with van der Waals surface area (Å²) in [5.74, 6) is 0.481. The van der Waals surface area contributed by atoms with E-state index in [0.717, 1.165) is 21.2 Å². The zero-order valence-corrected chi connectivity index (χ0v) is 25.4. The molecular weight excluding hydrogens is 647 g/mol. The van der Waals surface area contributed by atoms with E-state index >= 15 is 0 Å². The van der Waals surface area contributed by atoms with Gasteiger partial charge in [0.1, 0.15) is 24.1 Å². The summed E-state index contributed by atoms with van der Waals surface area (Å²) in [7, 11) is -15.7. The third-order valence-electron chi connectivity index (χ3n) is 6.75. The first-order valence-corrected chi connectivity index (χ1v) is 17.9. The largest absolute Gasteiger partial charge is 0.488 e. The van der Waals surface area contributed by atoms with Gasteiger partial charge < -0.3 is 40.1 Å². The van der Waals surface area contributed by atoms with E-state index in [1.165, 1.54) is 6.20 Å². The summed E-state index contributed by atoms with van der Waals surface area (Å²) in [6.07, 6.45) is -4.94. The van der Waals surface area contributed by atoms with Gasteiger partial charge in [0.2, 0.25) is 6.23 Å². The highest BCUT2D eigenvalue weighted by Crippen LogP contribution is 2.67. The monoisotopic (exact) mass is 677 g/mol. The zero-order valence-electron chi connectivity index (χ0n) is 22.7. The van der Waals surface area contributed by atoms with Gasteiger partial charge in [-0.3, -0.25) is 19.3 Å². The van der Waals surface area contributed by atoms with Gasteiger partial charge in [-0.15, -0.1) is 0 Å². The molecule has 1 saturated heterocycles. The number of hydrogen-bond donors (Lipinski definition) is 7. The molecule has 2 aromatic carbocycles. The molecule has 5 rings (SSSR count). The summed E-state index contributed by atoms with van der Waals surface area (Å²) in [6.45, 7) is -1.01. The van der Waals surface area contributed by atoms with Crippen molar-refractivity contribution in [2.24, 2.45) is 5.73 Å². The van der Waals surface area contributed by atoms with Gasteiger partial charge in [-0.25, -0.2) is 18.2 Å². The Morgan fingerprint density at radius 2 is 1.70 bits per heavy atom. The Kier molecular flexibility index (Phi) is 9.53. The van der Waals surface area contributed by atoms with Crippen LogP contribution in [0.25, 0.3) is 16.5 Å². The van der Waals surface area contributed by atoms with Crippen LogP contribution in [0.3, 0.4) is 0 Å². The maximum absolute atomic E-state index is 12.9. The Morgan fingerprint density at radius 3 is 2.43 bits per heavy atom. The molecule has 240 valence electrons. The van der Waals surface area contributed by atoms with E-state index in [1.54, 1.807) is 6.08 Å². The van der Waals surface area contributed by atoms with Gasteiger partial charge in [0.25, 0.3) is 0 Å². The summed E-state index contributed by atoms with van der Waals surface area (Å²) in [5.41, 5.74) is 6.47. The molecule has 0 spiro atoms. The predicted molar refractivity (Wildman–Crippen MR) is 152 cm³/mol. The molecule has 20 heteroatoms. The maximum atomic E-state index is 12.9. The van der Waals surface area contributed by atoms with Crippen LogP contribution in [0, 0.1) is 0 Å². The first-order chi connectivity index (χ1) is 20.7. The second-order valence-corrected chi connectivity index (χ2v) is 15.2. The number of phosphoric ester groups is 1. The van der Waals surface area contributed by atoms with Gasteiger partial charge in [0.15, 0.2) is 6.23 Å². The molecule has 3 heterocycles. The number of aliphatic hydroxyl groups excluding tert-OH is 2. The quantitative estimate of drug-likeness (QED) is 0.158. The van der Waals surface area contributed by atoms with E-state index in [1.807, 2.05) is 42.5 Å². The van der Waals surface area contributed by atoms with E-state index in [-0.39, 0.29) is 13.0 Å². The summed E-state index contributed by atoms with van der Waals surface area (Å²) in [4.78, 5) is 43.0. The van der Waals surface area contributed by atoms with Gasteiger partial charge in [-0.05, 0) is 35.9 Å². The van der Waals surface area contributed by atoms with Crippen LogP contribution < -0.4 is 11.1 Å². The molecule has 3 aliphatic heterocycles. The van der Waals surface area contributed by atoms with Crippen LogP contribution >= 0.6 is 23.2 Å². The Hall–Kier alpha value is -2.46. The maximum Gasteiger partial charge on any atom is 0.488 e. The Morgan fingerprint density at radius 1 is 0.977 bits per heavy atom. The lowest BCUT2D eigenvalue weighted by atomic mass is 10.1. The first-order valence-electron chi connectivity index (χ1n) is 13.1. The number of urea groups is 1. The molecule has 0 aromatic heterocycles. The van der Waals surface area contributed by atoms with Gasteiger partial charge in [-0.2, -0.15) is 4.31 Å². The second-order valence-electron chi connectivity index (χ2n) is 10.0. The molecule has 0 aliphatic carbocycles. The zero-order chi connectivity index (χ0) is 31.9. The number of rotatable bonds is 12. The van der Waals surface area contributed by atoms with Crippen molar-refractivity contribution in [2.45, 2.75) is 37.2 Å². The SMILES string of the molecule is NCCCP(=O)(O)OP(=O)(O)OP(=O)(O)OC[C@H]1O[C@@H](N2C=C3C=C(c4ccc5ccccc5c4)OC3NC2=O)[C@H](O)[C@@H]1O. The average Bonchev–Trinajstić information content (AvgIpc) is 3.48. The molecule has 1 fully saturated rings. The van der Waals surface area contributed by atoms with Gasteiger partial charge in [0, 0.05) is 17.3 Å². The minimum absolute atomic E-state index is 0.0315. The van der Waals surface area contributed by atoms with Crippen molar-refractivity contribution < 1.29 is 66.0 Å². The molecule has 0 radical (unpaired) electrons. The molecule has 4 unspecified atom stereocenters. The van der Waals surface area contributed by atoms with Crippen LogP contribution in [0.2, 0.25) is 0 Å². The minimum Gasteiger partial charge on any atom is -0.466 e. The molecule has 2 aromatic rings. The number of phosphoric acid groups is 2. The van der Waals surface area contributed by atoms with Crippen molar-refractivity contribution >= 4 is 45.8 Å². The topological polar surface area (TPSA) is 257 Å². The minimum atomic E-state index is -5.59. The normalized spacial score (nSPS) is 29.1. The molecule has 3 aliphatic rings. The van der Waals surface area contributed by atoms with Crippen LogP contribution in [0.5, 0.6) is 0 Å². The molecule has 44 heavy (non-hydrogen) atoms. The lowest BCUT2D eigenvalue weighted by Crippen LogP contribution is -2.54. The smallest absolute Gasteiger partial charge is 0.466 e. The van der Waals surface area contributed by atoms with Crippen molar-refractivity contribution in [2.75, 3.05) is 19.3 Å². The van der Waals surface area contributed by atoms with Crippen LogP contribution in [0.15, 0.2) is 60.3 Å². The fraction of sp³-hybridized carbons (Fsp3) is 0.375. The average molecular weight is 677 g/mol. The van der Waals surface area contributed by atoms with E-state index in [9.17, 15) is 43.4 Å². The highest BCUT2D eigenvalue weighted by Gasteiger charge is 2.50. The van der Waals surface area contributed by atoms with E-state index in [2.05, 4.69) is 18.5 Å². The fourth-order valence-electron chi connectivity index (χ4n) is 4.69. The number of benzene rings is 2. The summed E-state index contributed by atoms with van der Waals surface area (Å²) in [6, 6.07) is 12.7. The molecular formula is C24H30N3O14P3. The van der Waals surface area contributed by atoms with Crippen molar-refractivity contribution in [1.29, 1.82) is 0 Å². The van der Waals surface area contributed by atoms with Gasteiger partial charge in [-0.1, -0.05) is 36.4 Å². The lowest BCUT2D eigenvalue weighted by Gasteiger charge is -2.33. The number of nitrogens with one attached hydrogen (secondary N) is 1. The van der Waals surface area contributed by atoms with Gasteiger partial charge in [0.05, 0.1) is 12.8 Å². The summed E-state index contributed by atoms with van der Waals surface area (Å²) in [5, 5.41) is 25.7. The van der Waals surface area contributed by atoms with E-state index in [0.29, 0.717) is 11.3 Å². The first kappa shape index (κ1) is 32.9. The third-order valence-corrected chi connectivity index (χ3v) is 11.6. The van der Waals surface area contributed by atoms with Crippen molar-refractivity contribution in [3.8, 4) is 0 Å². The second kappa shape index (κ2) is 12.7. The van der Waals surface area contributed by atoms with Crippen LogP contribution in [0.1, 0.15) is 12.0 Å². The standard InChI is InChI=1S/C24H30N3O14P3/c25-8-3-9-42(31,32)40-44(35,36)41-43(33,34)37-13-19-20(28)21(29)23(39-19)27-12-17-11-18(38-22(17)26-24(27)30)16-7-6-14-4-1-2-5-15(14)10-16/h1-2,4-7,10-12,19-23,28-29H,3,8-9,13,25H2,(H,26,30)(H,31,32)(H,33,34)(H,35,36)/t19-,20-,21-,22?,23-/m1/s1. The number of aliphatic hydroxyl groups is 2. The number of nitrogens with zero attached hydrogens (tertiary/aromatic N) is 1. The fourth-order valence-corrected chi connectivity index (χ4v) is 8.84. The summed E-state index contributed by atoms with van der Waals surface area (Å²) >= 11 is 0. The Balaban J connectivity index is 1.23. The Labute approximate surface area is 250 Å². The number of carbonyl (C=O) groups is 1. The van der Waals surface area contributed by atoms with E-state index in [4.69, 9.17) is 15.2 Å². The van der Waals surface area contributed by atoms with Crippen LogP contribution in [-0.4, -0.2) is 85.9 Å². The molecule has 8 atom stereocenters. The van der Waals surface area contributed by atoms with Crippen molar-refractivity contribution in [3.63, 3.8) is 0 Å². The number of carbonyl (C=O) groups excluding carboxylic acids is 1. The van der Waals surface area contributed by atoms with Gasteiger partial charge >= 0.3 is 29.3 Å². The molecule has 0 bridgehead atoms. The van der Waals surface area contributed by atoms with Crippen molar-refractivity contribution in [3.05, 3.63) is 65.9 Å². The number of nitrogens with two attached hydrogens (primary N) is 1. The number of hydrogen-bond acceptors (Lipinski definition) is 12. The Bertz CT molecular complexity index is 1640. The molecule has 8 N–H and O–H groups in total. The lowest BCUT2D eigenvalue weighted by molar-refractivity contribution is -0.0671.